The lowest BCUT2D eigenvalue weighted by Gasteiger charge is -2.34. The molecule has 0 spiro atoms. The molecule has 1 amide bonds. The number of carbonyl (C=O) groups is 1. The fraction of sp³-hybridized carbons (Fsp3) is 0.385. The molecule has 0 saturated carbocycles. The van der Waals surface area contributed by atoms with Crippen molar-refractivity contribution in [1.29, 1.82) is 0 Å². The lowest BCUT2D eigenvalue weighted by atomic mass is 9.78. The minimum absolute atomic E-state index is 0.106. The molecule has 1 aliphatic heterocycles. The standard InChI is InChI=1S/C13H16ClN3O3/c14-9-3-1-2-4-10(9)16-12(18)13(11(15)17-19)5-7-20-8-6-13/h1-4,19H,5-8H2,(H2,15,17)(H,16,18). The van der Waals surface area contributed by atoms with Crippen molar-refractivity contribution in [2.24, 2.45) is 16.3 Å². The smallest absolute Gasteiger partial charge is 0.238 e. The molecule has 0 aromatic heterocycles. The minimum Gasteiger partial charge on any atom is -0.409 e. The van der Waals surface area contributed by atoms with Crippen LogP contribution in [0.2, 0.25) is 5.02 Å². The number of nitrogens with one attached hydrogen (secondary N) is 1. The highest BCUT2D eigenvalue weighted by molar-refractivity contribution is 6.33. The van der Waals surface area contributed by atoms with Gasteiger partial charge in [0.25, 0.3) is 0 Å². The summed E-state index contributed by atoms with van der Waals surface area (Å²) >= 11 is 6.02. The van der Waals surface area contributed by atoms with Crippen molar-refractivity contribution >= 4 is 29.0 Å². The van der Waals surface area contributed by atoms with E-state index in [-0.39, 0.29) is 11.7 Å². The van der Waals surface area contributed by atoms with Gasteiger partial charge in [0.15, 0.2) is 5.84 Å². The Morgan fingerprint density at radius 1 is 1.40 bits per heavy atom. The Labute approximate surface area is 121 Å². The predicted molar refractivity (Wildman–Crippen MR) is 76.0 cm³/mol. The number of benzene rings is 1. The van der Waals surface area contributed by atoms with E-state index in [1.807, 2.05) is 0 Å². The second kappa shape index (κ2) is 6.11. The van der Waals surface area contributed by atoms with E-state index in [9.17, 15) is 4.79 Å². The Bertz CT molecular complexity index is 527. The minimum atomic E-state index is -1.06. The van der Waals surface area contributed by atoms with Gasteiger partial charge in [-0.1, -0.05) is 28.9 Å². The van der Waals surface area contributed by atoms with E-state index < -0.39 is 5.41 Å². The normalized spacial score (nSPS) is 18.6. The van der Waals surface area contributed by atoms with E-state index in [4.69, 9.17) is 27.3 Å². The van der Waals surface area contributed by atoms with Crippen LogP contribution in [0.1, 0.15) is 12.8 Å². The number of amidine groups is 1. The van der Waals surface area contributed by atoms with Crippen LogP contribution in [0.3, 0.4) is 0 Å². The molecule has 0 bridgehead atoms. The maximum atomic E-state index is 12.5. The first-order chi connectivity index (χ1) is 9.60. The van der Waals surface area contributed by atoms with Crippen LogP contribution in [-0.4, -0.2) is 30.2 Å². The van der Waals surface area contributed by atoms with Crippen molar-refractivity contribution in [3.63, 3.8) is 0 Å². The third kappa shape index (κ3) is 2.71. The molecule has 0 unspecified atom stereocenters. The third-order valence-electron chi connectivity index (χ3n) is 3.50. The molecule has 0 atom stereocenters. The van der Waals surface area contributed by atoms with Crippen molar-refractivity contribution in [1.82, 2.24) is 0 Å². The SMILES string of the molecule is NC(=NO)C1(C(=O)Nc2ccccc2Cl)CCOCC1. The molecule has 4 N–H and O–H groups in total. The molecule has 1 saturated heterocycles. The first-order valence-electron chi connectivity index (χ1n) is 6.22. The van der Waals surface area contributed by atoms with Crippen LogP contribution in [0.15, 0.2) is 29.4 Å². The van der Waals surface area contributed by atoms with Gasteiger partial charge in [0.2, 0.25) is 5.91 Å². The predicted octanol–water partition coefficient (Wildman–Crippen LogP) is 1.82. The van der Waals surface area contributed by atoms with Gasteiger partial charge in [-0.15, -0.1) is 0 Å². The third-order valence-corrected chi connectivity index (χ3v) is 3.83. The number of hydrogen-bond donors (Lipinski definition) is 3. The Morgan fingerprint density at radius 3 is 2.65 bits per heavy atom. The monoisotopic (exact) mass is 297 g/mol. The van der Waals surface area contributed by atoms with Crippen molar-refractivity contribution in [2.75, 3.05) is 18.5 Å². The van der Waals surface area contributed by atoms with Gasteiger partial charge in [-0.3, -0.25) is 4.79 Å². The maximum Gasteiger partial charge on any atom is 0.238 e. The molecule has 108 valence electrons. The second-order valence-electron chi connectivity index (χ2n) is 4.61. The molecule has 1 aromatic rings. The van der Waals surface area contributed by atoms with E-state index in [0.717, 1.165) is 0 Å². The molecule has 1 aliphatic rings. The summed E-state index contributed by atoms with van der Waals surface area (Å²) in [5.74, 6) is -0.449. The number of nitrogens with two attached hydrogens (primary N) is 1. The molecule has 7 heteroatoms. The number of para-hydroxylation sites is 1. The molecule has 2 rings (SSSR count). The number of halogens is 1. The van der Waals surface area contributed by atoms with Crippen LogP contribution in [0.4, 0.5) is 5.69 Å². The van der Waals surface area contributed by atoms with Crippen LogP contribution in [0, 0.1) is 5.41 Å². The number of hydrogen-bond acceptors (Lipinski definition) is 4. The largest absolute Gasteiger partial charge is 0.409 e. The van der Waals surface area contributed by atoms with Gasteiger partial charge >= 0.3 is 0 Å². The first kappa shape index (κ1) is 14.6. The van der Waals surface area contributed by atoms with Gasteiger partial charge < -0.3 is 21.0 Å². The molecule has 1 fully saturated rings. The molecule has 6 nitrogen and oxygen atoms in total. The summed E-state index contributed by atoms with van der Waals surface area (Å²) in [4.78, 5) is 12.5. The Kier molecular flexibility index (Phi) is 4.46. The highest BCUT2D eigenvalue weighted by Crippen LogP contribution is 2.33. The number of carbonyl (C=O) groups excluding carboxylic acids is 1. The molecule has 0 aliphatic carbocycles. The zero-order valence-corrected chi connectivity index (χ0v) is 11.6. The lowest BCUT2D eigenvalue weighted by molar-refractivity contribution is -0.126. The van der Waals surface area contributed by atoms with Crippen molar-refractivity contribution < 1.29 is 14.7 Å². The summed E-state index contributed by atoms with van der Waals surface area (Å²) in [7, 11) is 0. The molecule has 1 aromatic carbocycles. The summed E-state index contributed by atoms with van der Waals surface area (Å²) in [6, 6.07) is 6.91. The van der Waals surface area contributed by atoms with Crippen LogP contribution in [0.25, 0.3) is 0 Å². The molecule has 0 radical (unpaired) electrons. The Morgan fingerprint density at radius 2 is 2.05 bits per heavy atom. The fourth-order valence-corrected chi connectivity index (χ4v) is 2.40. The van der Waals surface area contributed by atoms with E-state index in [1.165, 1.54) is 0 Å². The van der Waals surface area contributed by atoms with Crippen LogP contribution < -0.4 is 11.1 Å². The maximum absolute atomic E-state index is 12.5. The summed E-state index contributed by atoms with van der Waals surface area (Å²) in [6.45, 7) is 0.762. The van der Waals surface area contributed by atoms with Gasteiger partial charge in [0.05, 0.1) is 10.7 Å². The van der Waals surface area contributed by atoms with E-state index >= 15 is 0 Å². The van der Waals surface area contributed by atoms with Gasteiger partial charge in [-0.2, -0.15) is 0 Å². The van der Waals surface area contributed by atoms with Crippen LogP contribution >= 0.6 is 11.6 Å². The van der Waals surface area contributed by atoms with Gasteiger partial charge in [0, 0.05) is 13.2 Å². The lowest BCUT2D eigenvalue weighted by Crippen LogP contribution is -2.50. The number of amides is 1. The Hall–Kier alpha value is -1.79. The average molecular weight is 298 g/mol. The molecular formula is C13H16ClN3O3. The number of nitrogens with zero attached hydrogens (tertiary/aromatic N) is 1. The number of rotatable bonds is 3. The van der Waals surface area contributed by atoms with Gasteiger partial charge in [-0.05, 0) is 25.0 Å². The molecule has 20 heavy (non-hydrogen) atoms. The van der Waals surface area contributed by atoms with Crippen LogP contribution in [-0.2, 0) is 9.53 Å². The van der Waals surface area contributed by atoms with Crippen molar-refractivity contribution in [2.45, 2.75) is 12.8 Å². The fourth-order valence-electron chi connectivity index (χ4n) is 2.22. The summed E-state index contributed by atoms with van der Waals surface area (Å²) in [5, 5.41) is 15.1. The van der Waals surface area contributed by atoms with E-state index in [2.05, 4.69) is 10.5 Å². The quantitative estimate of drug-likeness (QED) is 0.343. The summed E-state index contributed by atoms with van der Waals surface area (Å²) in [6.07, 6.45) is 0.721. The average Bonchev–Trinajstić information content (AvgIpc) is 2.49. The van der Waals surface area contributed by atoms with Crippen molar-refractivity contribution in [3.05, 3.63) is 29.3 Å². The van der Waals surface area contributed by atoms with Gasteiger partial charge in [-0.25, -0.2) is 0 Å². The summed E-state index contributed by atoms with van der Waals surface area (Å²) < 4.78 is 5.25. The number of oxime groups is 1. The first-order valence-corrected chi connectivity index (χ1v) is 6.60. The molecule has 1 heterocycles. The Balaban J connectivity index is 2.26. The zero-order valence-electron chi connectivity index (χ0n) is 10.8. The second-order valence-corrected chi connectivity index (χ2v) is 5.02. The van der Waals surface area contributed by atoms with E-state index in [1.54, 1.807) is 24.3 Å². The van der Waals surface area contributed by atoms with Crippen molar-refractivity contribution in [3.8, 4) is 0 Å². The highest BCUT2D eigenvalue weighted by atomic mass is 35.5. The topological polar surface area (TPSA) is 96.9 Å². The van der Waals surface area contributed by atoms with Crippen LogP contribution in [0.5, 0.6) is 0 Å². The van der Waals surface area contributed by atoms with Gasteiger partial charge in [0.1, 0.15) is 5.41 Å². The zero-order chi connectivity index (χ0) is 14.6. The summed E-state index contributed by atoms with van der Waals surface area (Å²) in [5.41, 5.74) is 5.16. The van der Waals surface area contributed by atoms with E-state index in [0.29, 0.717) is 36.8 Å². The molecular weight excluding hydrogens is 282 g/mol. The number of anilines is 1. The number of ether oxygens (including phenoxy) is 1. The highest BCUT2D eigenvalue weighted by Gasteiger charge is 2.44.